The quantitative estimate of drug-likeness (QED) is 0.818. The Labute approximate surface area is 95.0 Å². The number of benzene rings is 1. The van der Waals surface area contributed by atoms with Crippen LogP contribution in [0.2, 0.25) is 0 Å². The van der Waals surface area contributed by atoms with Gasteiger partial charge in [0.05, 0.1) is 6.54 Å². The van der Waals surface area contributed by atoms with E-state index in [2.05, 4.69) is 10.6 Å². The molecule has 0 aromatic heterocycles. The Morgan fingerprint density at radius 1 is 1.19 bits per heavy atom. The number of rotatable bonds is 3. The molecule has 86 valence electrons. The van der Waals surface area contributed by atoms with E-state index in [9.17, 15) is 9.59 Å². The van der Waals surface area contributed by atoms with Crippen LogP contribution in [-0.4, -0.2) is 18.4 Å². The van der Waals surface area contributed by atoms with E-state index in [4.69, 9.17) is 0 Å². The second-order valence-electron chi connectivity index (χ2n) is 3.78. The van der Waals surface area contributed by atoms with Crippen LogP contribution < -0.4 is 10.6 Å². The molecule has 2 N–H and O–H groups in total. The molecule has 0 fully saturated rings. The Kier molecular flexibility index (Phi) is 4.05. The van der Waals surface area contributed by atoms with Crippen LogP contribution in [-0.2, 0) is 4.79 Å². The van der Waals surface area contributed by atoms with Crippen LogP contribution in [0.25, 0.3) is 0 Å². The fraction of sp³-hybridized carbons (Fsp3) is 0.333. The highest BCUT2D eigenvalue weighted by atomic mass is 16.2. The molecule has 0 aliphatic carbocycles. The van der Waals surface area contributed by atoms with Crippen LogP contribution in [0, 0.1) is 13.8 Å². The Balaban J connectivity index is 2.66. The van der Waals surface area contributed by atoms with Crippen molar-refractivity contribution in [2.45, 2.75) is 20.8 Å². The van der Waals surface area contributed by atoms with Crippen LogP contribution in [0.5, 0.6) is 0 Å². The predicted molar refractivity (Wildman–Crippen MR) is 63.6 cm³/mol. The largest absolute Gasteiger partial charge is 0.331 e. The van der Waals surface area contributed by atoms with Gasteiger partial charge in [-0.2, -0.15) is 0 Å². The summed E-state index contributed by atoms with van der Waals surface area (Å²) in [6.07, 6.45) is 0. The number of ketones is 1. The second-order valence-corrected chi connectivity index (χ2v) is 3.78. The molecule has 1 rings (SSSR count). The van der Waals surface area contributed by atoms with E-state index < -0.39 is 0 Å². The molecule has 0 saturated carbocycles. The number of nitrogens with one attached hydrogen (secondary N) is 2. The Morgan fingerprint density at radius 3 is 2.25 bits per heavy atom. The lowest BCUT2D eigenvalue weighted by molar-refractivity contribution is -0.116. The minimum absolute atomic E-state index is 0.0523. The van der Waals surface area contributed by atoms with Crippen molar-refractivity contribution in [3.8, 4) is 0 Å². The van der Waals surface area contributed by atoms with Crippen molar-refractivity contribution in [3.05, 3.63) is 29.3 Å². The molecule has 0 aliphatic heterocycles. The van der Waals surface area contributed by atoms with Gasteiger partial charge in [-0.25, -0.2) is 4.79 Å². The molecule has 0 spiro atoms. The van der Waals surface area contributed by atoms with Crippen LogP contribution >= 0.6 is 0 Å². The molecular formula is C12H16N2O2. The van der Waals surface area contributed by atoms with Gasteiger partial charge >= 0.3 is 6.03 Å². The van der Waals surface area contributed by atoms with Crippen molar-refractivity contribution in [2.24, 2.45) is 0 Å². The highest BCUT2D eigenvalue weighted by Crippen LogP contribution is 2.18. The molecule has 0 unspecified atom stereocenters. The monoisotopic (exact) mass is 220 g/mol. The Morgan fingerprint density at radius 2 is 1.75 bits per heavy atom. The number of anilines is 1. The first-order chi connectivity index (χ1) is 7.50. The van der Waals surface area contributed by atoms with E-state index in [1.54, 1.807) is 0 Å². The fourth-order valence-corrected chi connectivity index (χ4v) is 1.37. The lowest BCUT2D eigenvalue weighted by Crippen LogP contribution is -2.32. The zero-order chi connectivity index (χ0) is 12.1. The van der Waals surface area contributed by atoms with Crippen molar-refractivity contribution in [1.29, 1.82) is 0 Å². The lowest BCUT2D eigenvalue weighted by Gasteiger charge is -2.11. The topological polar surface area (TPSA) is 58.2 Å². The van der Waals surface area contributed by atoms with Gasteiger partial charge in [0.25, 0.3) is 0 Å². The standard InChI is InChI=1S/C12H16N2O2/c1-8-5-4-6-9(2)11(8)14-12(16)13-7-10(3)15/h4-6H,7H2,1-3H3,(H2,13,14,16). The smallest absolute Gasteiger partial charge is 0.319 e. The fourth-order valence-electron chi connectivity index (χ4n) is 1.37. The molecule has 2 amide bonds. The average molecular weight is 220 g/mol. The summed E-state index contributed by atoms with van der Waals surface area (Å²) in [5.74, 6) is -0.0725. The highest BCUT2D eigenvalue weighted by molar-refractivity contribution is 5.93. The molecule has 0 aliphatic rings. The molecule has 0 saturated heterocycles. The molecule has 0 radical (unpaired) electrons. The van der Waals surface area contributed by atoms with Crippen molar-refractivity contribution in [2.75, 3.05) is 11.9 Å². The van der Waals surface area contributed by atoms with Gasteiger partial charge in [0, 0.05) is 5.69 Å². The first-order valence-electron chi connectivity index (χ1n) is 5.11. The normalized spacial score (nSPS) is 9.69. The SMILES string of the molecule is CC(=O)CNC(=O)Nc1c(C)cccc1C. The van der Waals surface area contributed by atoms with Crippen molar-refractivity contribution >= 4 is 17.5 Å². The van der Waals surface area contributed by atoms with Gasteiger partial charge in [-0.1, -0.05) is 18.2 Å². The molecule has 4 nitrogen and oxygen atoms in total. The summed E-state index contributed by atoms with van der Waals surface area (Å²) in [6, 6.07) is 5.43. The van der Waals surface area contributed by atoms with Crippen LogP contribution in [0.15, 0.2) is 18.2 Å². The van der Waals surface area contributed by atoms with Crippen LogP contribution in [0.4, 0.5) is 10.5 Å². The van der Waals surface area contributed by atoms with E-state index in [0.29, 0.717) is 0 Å². The Hall–Kier alpha value is -1.84. The van der Waals surface area contributed by atoms with Gasteiger partial charge in [0.15, 0.2) is 0 Å². The maximum atomic E-state index is 11.4. The van der Waals surface area contributed by atoms with Gasteiger partial charge in [-0.3, -0.25) is 4.79 Å². The number of carbonyl (C=O) groups excluding carboxylic acids is 2. The number of carbonyl (C=O) groups is 2. The number of hydrogen-bond acceptors (Lipinski definition) is 2. The zero-order valence-corrected chi connectivity index (χ0v) is 9.76. The highest BCUT2D eigenvalue weighted by Gasteiger charge is 2.06. The molecule has 0 atom stereocenters. The lowest BCUT2D eigenvalue weighted by atomic mass is 10.1. The summed E-state index contributed by atoms with van der Waals surface area (Å²) in [4.78, 5) is 22.1. The van der Waals surface area contributed by atoms with Crippen molar-refractivity contribution in [3.63, 3.8) is 0 Å². The summed E-state index contributed by atoms with van der Waals surface area (Å²) in [6.45, 7) is 5.33. The Bertz CT molecular complexity index is 393. The summed E-state index contributed by atoms with van der Waals surface area (Å²) >= 11 is 0. The van der Waals surface area contributed by atoms with Crippen LogP contribution in [0.3, 0.4) is 0 Å². The third kappa shape index (κ3) is 3.38. The van der Waals surface area contributed by atoms with E-state index in [-0.39, 0.29) is 18.4 Å². The average Bonchev–Trinajstić information content (AvgIpc) is 2.21. The molecule has 0 heterocycles. The molecule has 1 aromatic rings. The number of hydrogen-bond donors (Lipinski definition) is 2. The number of Topliss-reactive ketones (excluding diaryl/α,β-unsaturated/α-hetero) is 1. The first-order valence-corrected chi connectivity index (χ1v) is 5.11. The number of para-hydroxylation sites is 1. The maximum Gasteiger partial charge on any atom is 0.319 e. The van der Waals surface area contributed by atoms with Gasteiger partial charge in [0.1, 0.15) is 5.78 Å². The predicted octanol–water partition coefficient (Wildman–Crippen LogP) is 2.01. The third-order valence-corrected chi connectivity index (χ3v) is 2.22. The number of aryl methyl sites for hydroxylation is 2. The van der Waals surface area contributed by atoms with Gasteiger partial charge in [-0.05, 0) is 31.9 Å². The summed E-state index contributed by atoms with van der Waals surface area (Å²) in [5.41, 5.74) is 2.79. The molecule has 4 heteroatoms. The van der Waals surface area contributed by atoms with Crippen molar-refractivity contribution in [1.82, 2.24) is 5.32 Å². The second kappa shape index (κ2) is 5.30. The maximum absolute atomic E-state index is 11.4. The summed E-state index contributed by atoms with van der Waals surface area (Å²) < 4.78 is 0. The summed E-state index contributed by atoms with van der Waals surface area (Å²) in [5, 5.41) is 5.22. The van der Waals surface area contributed by atoms with Gasteiger partial charge in [0.2, 0.25) is 0 Å². The molecular weight excluding hydrogens is 204 g/mol. The summed E-state index contributed by atoms with van der Waals surface area (Å²) in [7, 11) is 0. The van der Waals surface area contributed by atoms with Gasteiger partial charge in [-0.15, -0.1) is 0 Å². The minimum atomic E-state index is -0.354. The van der Waals surface area contributed by atoms with Crippen molar-refractivity contribution < 1.29 is 9.59 Å². The van der Waals surface area contributed by atoms with E-state index in [1.165, 1.54) is 6.92 Å². The van der Waals surface area contributed by atoms with E-state index in [0.717, 1.165) is 16.8 Å². The first kappa shape index (κ1) is 12.2. The third-order valence-electron chi connectivity index (χ3n) is 2.22. The van der Waals surface area contributed by atoms with E-state index in [1.807, 2.05) is 32.0 Å². The molecule has 16 heavy (non-hydrogen) atoms. The zero-order valence-electron chi connectivity index (χ0n) is 9.76. The minimum Gasteiger partial charge on any atom is -0.331 e. The van der Waals surface area contributed by atoms with E-state index >= 15 is 0 Å². The molecule has 1 aromatic carbocycles. The van der Waals surface area contributed by atoms with Gasteiger partial charge < -0.3 is 10.6 Å². The number of urea groups is 1. The molecule has 0 bridgehead atoms. The van der Waals surface area contributed by atoms with Crippen LogP contribution in [0.1, 0.15) is 18.1 Å². The number of amides is 2.